The molecule has 1 unspecified atom stereocenters. The van der Waals surface area contributed by atoms with Crippen molar-refractivity contribution in [1.29, 1.82) is 0 Å². The highest BCUT2D eigenvalue weighted by Crippen LogP contribution is 2.30. The fourth-order valence-electron chi connectivity index (χ4n) is 4.76. The van der Waals surface area contributed by atoms with Gasteiger partial charge in [-0.25, -0.2) is 8.78 Å². The van der Waals surface area contributed by atoms with E-state index in [-0.39, 0.29) is 36.4 Å². The number of aryl methyl sites for hydroxylation is 1. The van der Waals surface area contributed by atoms with E-state index in [1.54, 1.807) is 6.20 Å². The van der Waals surface area contributed by atoms with E-state index in [0.29, 0.717) is 5.56 Å². The average molecular weight is 534 g/mol. The monoisotopic (exact) mass is 533 g/mol. The Morgan fingerprint density at radius 3 is 2.26 bits per heavy atom. The molecule has 204 valence electrons. The molecule has 2 aromatic heterocycles. The number of ether oxygens (including phenoxy) is 1. The largest absolute Gasteiger partial charge is 0.493 e. The molecule has 2 heterocycles. The highest BCUT2D eigenvalue weighted by Gasteiger charge is 2.27. The number of pyridine rings is 1. The molecule has 39 heavy (non-hydrogen) atoms. The van der Waals surface area contributed by atoms with Gasteiger partial charge in [0.15, 0.2) is 0 Å². The third kappa shape index (κ3) is 6.40. The van der Waals surface area contributed by atoms with Crippen molar-refractivity contribution in [3.63, 3.8) is 0 Å². The molecule has 0 aliphatic carbocycles. The molecule has 4 rings (SSSR count). The van der Waals surface area contributed by atoms with Gasteiger partial charge in [-0.3, -0.25) is 14.3 Å². The Hall–Kier alpha value is -3.91. The van der Waals surface area contributed by atoms with Crippen LogP contribution in [-0.2, 0) is 17.8 Å². The molecular formula is C31H33F2N3O3. The van der Waals surface area contributed by atoms with Gasteiger partial charge in [0.05, 0.1) is 17.7 Å². The number of aromatic hydroxyl groups is 1. The minimum absolute atomic E-state index is 0.0546. The Morgan fingerprint density at radius 1 is 1.00 bits per heavy atom. The molecule has 0 saturated carbocycles. The molecule has 6 nitrogen and oxygen atoms in total. The van der Waals surface area contributed by atoms with Crippen molar-refractivity contribution >= 4 is 0 Å². The number of hydrogen-bond acceptors (Lipinski definition) is 5. The van der Waals surface area contributed by atoms with E-state index >= 15 is 0 Å². The minimum Gasteiger partial charge on any atom is -0.493 e. The second kappa shape index (κ2) is 11.9. The van der Waals surface area contributed by atoms with E-state index < -0.39 is 29.1 Å². The van der Waals surface area contributed by atoms with Crippen LogP contribution in [0, 0.1) is 24.5 Å². The molecule has 0 radical (unpaired) electrons. The maximum Gasteiger partial charge on any atom is 0.261 e. The van der Waals surface area contributed by atoms with E-state index in [9.17, 15) is 18.7 Å². The Balaban J connectivity index is 1.80. The minimum atomic E-state index is -0.740. The summed E-state index contributed by atoms with van der Waals surface area (Å²) in [5.74, 6) is -1.92. The Labute approximate surface area is 227 Å². The lowest BCUT2D eigenvalue weighted by atomic mass is 9.94. The first-order chi connectivity index (χ1) is 18.5. The topological polar surface area (TPSA) is 77.2 Å². The Kier molecular flexibility index (Phi) is 8.55. The summed E-state index contributed by atoms with van der Waals surface area (Å²) in [6.07, 6.45) is 1.70. The molecular weight excluding hydrogens is 500 g/mol. The number of nitrogens with zero attached hydrogens (tertiary/aromatic N) is 3. The summed E-state index contributed by atoms with van der Waals surface area (Å²) in [5, 5.41) is 10.9. The Bertz CT molecular complexity index is 1490. The van der Waals surface area contributed by atoms with Crippen molar-refractivity contribution in [3.8, 4) is 17.0 Å². The predicted octanol–water partition coefficient (Wildman–Crippen LogP) is 6.36. The van der Waals surface area contributed by atoms with Crippen molar-refractivity contribution in [2.75, 3.05) is 0 Å². The van der Waals surface area contributed by atoms with Gasteiger partial charge in [-0.05, 0) is 61.6 Å². The van der Waals surface area contributed by atoms with Crippen LogP contribution in [0.25, 0.3) is 11.1 Å². The fraction of sp³-hybridized carbons (Fsp3) is 0.323. The lowest BCUT2D eigenvalue weighted by Crippen LogP contribution is -2.35. The van der Waals surface area contributed by atoms with Crippen LogP contribution >= 0.6 is 0 Å². The van der Waals surface area contributed by atoms with Crippen molar-refractivity contribution in [2.24, 2.45) is 5.92 Å². The standard InChI is InChI=1S/C31H33F2N3O3/c1-18(2)29(23-14-24(32)16-25(33)15-23)36-28(17-39-19(3)4)35-30(37)27(31(36)38)13-21-8-10-22(11-9-21)26-7-6-12-34-20(26)5/h6-12,14-16,18-19,29,37H,13,17H2,1-5H3. The van der Waals surface area contributed by atoms with Gasteiger partial charge in [0.25, 0.3) is 5.56 Å². The zero-order valence-corrected chi connectivity index (χ0v) is 22.8. The van der Waals surface area contributed by atoms with Crippen LogP contribution in [0.4, 0.5) is 8.78 Å². The van der Waals surface area contributed by atoms with Crippen LogP contribution in [0.1, 0.15) is 61.9 Å². The van der Waals surface area contributed by atoms with E-state index in [1.165, 1.54) is 16.7 Å². The van der Waals surface area contributed by atoms with Crippen molar-refractivity contribution in [1.82, 2.24) is 14.5 Å². The van der Waals surface area contributed by atoms with E-state index in [0.717, 1.165) is 28.5 Å². The van der Waals surface area contributed by atoms with Crippen LogP contribution in [0.3, 0.4) is 0 Å². The predicted molar refractivity (Wildman–Crippen MR) is 147 cm³/mol. The first kappa shape index (κ1) is 28.1. The van der Waals surface area contributed by atoms with E-state index in [1.807, 2.05) is 71.0 Å². The summed E-state index contributed by atoms with van der Waals surface area (Å²) in [6.45, 7) is 9.29. The van der Waals surface area contributed by atoms with Crippen molar-refractivity contribution < 1.29 is 18.6 Å². The van der Waals surface area contributed by atoms with Gasteiger partial charge in [-0.2, -0.15) is 4.98 Å². The number of aromatic nitrogens is 3. The van der Waals surface area contributed by atoms with Crippen LogP contribution in [0.5, 0.6) is 5.88 Å². The summed E-state index contributed by atoms with van der Waals surface area (Å²) >= 11 is 0. The van der Waals surface area contributed by atoms with Gasteiger partial charge >= 0.3 is 0 Å². The summed E-state index contributed by atoms with van der Waals surface area (Å²) < 4.78 is 35.6. The third-order valence-corrected chi connectivity index (χ3v) is 6.59. The van der Waals surface area contributed by atoms with Crippen LogP contribution in [0.15, 0.2) is 65.6 Å². The first-order valence-electron chi connectivity index (χ1n) is 13.0. The summed E-state index contributed by atoms with van der Waals surface area (Å²) in [6, 6.07) is 14.0. The number of rotatable bonds is 9. The molecule has 0 bridgehead atoms. The zero-order valence-electron chi connectivity index (χ0n) is 22.8. The lowest BCUT2D eigenvalue weighted by molar-refractivity contribution is 0.0570. The van der Waals surface area contributed by atoms with Gasteiger partial charge < -0.3 is 9.84 Å². The highest BCUT2D eigenvalue weighted by molar-refractivity contribution is 5.65. The summed E-state index contributed by atoms with van der Waals surface area (Å²) in [5.41, 5.74) is 3.60. The van der Waals surface area contributed by atoms with Gasteiger partial charge in [-0.1, -0.05) is 44.2 Å². The Morgan fingerprint density at radius 2 is 1.67 bits per heavy atom. The van der Waals surface area contributed by atoms with Crippen LogP contribution in [0.2, 0.25) is 0 Å². The summed E-state index contributed by atoms with van der Waals surface area (Å²) in [7, 11) is 0. The number of hydrogen-bond donors (Lipinski definition) is 1. The average Bonchev–Trinajstić information content (AvgIpc) is 2.87. The molecule has 4 aromatic rings. The van der Waals surface area contributed by atoms with Crippen molar-refractivity contribution in [3.05, 3.63) is 111 Å². The maximum absolute atomic E-state index is 14.2. The van der Waals surface area contributed by atoms with E-state index in [4.69, 9.17) is 4.74 Å². The van der Waals surface area contributed by atoms with Crippen molar-refractivity contribution in [2.45, 2.75) is 59.8 Å². The van der Waals surface area contributed by atoms with Gasteiger partial charge in [0.2, 0.25) is 5.88 Å². The SMILES string of the molecule is Cc1ncccc1-c1ccc(Cc2c(O)nc(COC(C)C)n(C(c3cc(F)cc(F)c3)C(C)C)c2=O)cc1. The molecule has 0 saturated heterocycles. The normalized spacial score (nSPS) is 12.3. The second-order valence-electron chi connectivity index (χ2n) is 10.3. The van der Waals surface area contributed by atoms with Gasteiger partial charge in [0.1, 0.15) is 24.1 Å². The second-order valence-corrected chi connectivity index (χ2v) is 10.3. The first-order valence-corrected chi connectivity index (χ1v) is 13.0. The van der Waals surface area contributed by atoms with Crippen LogP contribution in [-0.4, -0.2) is 25.7 Å². The van der Waals surface area contributed by atoms with Gasteiger partial charge in [0, 0.05) is 29.9 Å². The fourth-order valence-corrected chi connectivity index (χ4v) is 4.76. The molecule has 8 heteroatoms. The lowest BCUT2D eigenvalue weighted by Gasteiger charge is -2.27. The quantitative estimate of drug-likeness (QED) is 0.271. The number of halogens is 2. The third-order valence-electron chi connectivity index (χ3n) is 6.59. The number of benzene rings is 2. The molecule has 0 spiro atoms. The molecule has 0 amide bonds. The summed E-state index contributed by atoms with van der Waals surface area (Å²) in [4.78, 5) is 22.7. The van der Waals surface area contributed by atoms with E-state index in [2.05, 4.69) is 9.97 Å². The molecule has 1 N–H and O–H groups in total. The maximum atomic E-state index is 14.2. The smallest absolute Gasteiger partial charge is 0.261 e. The molecule has 0 aliphatic heterocycles. The molecule has 0 aliphatic rings. The zero-order chi connectivity index (χ0) is 28.3. The highest BCUT2D eigenvalue weighted by atomic mass is 19.1. The molecule has 0 fully saturated rings. The van der Waals surface area contributed by atoms with Crippen LogP contribution < -0.4 is 5.56 Å². The molecule has 2 aromatic carbocycles. The van der Waals surface area contributed by atoms with Gasteiger partial charge in [-0.15, -0.1) is 0 Å². The molecule has 1 atom stereocenters.